The third-order valence-electron chi connectivity index (χ3n) is 5.65. The fourth-order valence-electron chi connectivity index (χ4n) is 4.24. The predicted molar refractivity (Wildman–Crippen MR) is 103 cm³/mol. The van der Waals surface area contributed by atoms with Crippen LogP contribution in [0, 0.1) is 6.92 Å². The lowest BCUT2D eigenvalue weighted by Crippen LogP contribution is -2.38. The van der Waals surface area contributed by atoms with E-state index in [0.717, 1.165) is 13.0 Å². The third-order valence-corrected chi connectivity index (χ3v) is 5.65. The molecule has 25 heavy (non-hydrogen) atoms. The summed E-state index contributed by atoms with van der Waals surface area (Å²) in [6, 6.07) is 24.2. The van der Waals surface area contributed by atoms with E-state index in [0.29, 0.717) is 5.92 Å². The van der Waals surface area contributed by atoms with Crippen LogP contribution in [0.4, 0.5) is 0 Å². The summed E-state index contributed by atoms with van der Waals surface area (Å²) in [7, 11) is 0. The first-order valence-electron chi connectivity index (χ1n) is 9.43. The van der Waals surface area contributed by atoms with Crippen LogP contribution in [0.15, 0.2) is 72.9 Å². The minimum absolute atomic E-state index is 0.447. The fourth-order valence-corrected chi connectivity index (χ4v) is 4.24. The zero-order valence-corrected chi connectivity index (χ0v) is 15.0. The molecule has 1 aliphatic rings. The molecular weight excluding hydrogens is 302 g/mol. The van der Waals surface area contributed by atoms with Crippen molar-refractivity contribution >= 4 is 0 Å². The molecule has 4 rings (SSSR count). The second kappa shape index (κ2) is 7.23. The van der Waals surface area contributed by atoms with Gasteiger partial charge in [-0.15, -0.1) is 0 Å². The number of hydrogen-bond donors (Lipinski definition) is 0. The maximum Gasteiger partial charge on any atom is 0.181 e. The second-order valence-corrected chi connectivity index (χ2v) is 7.11. The molecule has 0 radical (unpaired) electrons. The van der Waals surface area contributed by atoms with Gasteiger partial charge in [-0.1, -0.05) is 60.7 Å². The van der Waals surface area contributed by atoms with E-state index in [1.54, 1.807) is 11.1 Å². The maximum atomic E-state index is 2.46. The van der Waals surface area contributed by atoms with Crippen LogP contribution in [0.2, 0.25) is 0 Å². The monoisotopic (exact) mass is 328 g/mol. The molecule has 2 aromatic carbocycles. The summed E-state index contributed by atoms with van der Waals surface area (Å²) in [6.45, 7) is 3.36. The van der Waals surface area contributed by atoms with Gasteiger partial charge in [-0.3, -0.25) is 0 Å². The smallest absolute Gasteiger partial charge is 0.181 e. The van der Waals surface area contributed by atoms with E-state index in [4.69, 9.17) is 0 Å². The van der Waals surface area contributed by atoms with Gasteiger partial charge < -0.3 is 0 Å². The van der Waals surface area contributed by atoms with Crippen molar-refractivity contribution in [1.82, 2.24) is 0 Å². The van der Waals surface area contributed by atoms with E-state index in [9.17, 15) is 0 Å². The first kappa shape index (κ1) is 16.1. The van der Waals surface area contributed by atoms with Crippen LogP contribution in [0.3, 0.4) is 0 Å². The van der Waals surface area contributed by atoms with Gasteiger partial charge in [-0.25, -0.2) is 4.57 Å². The van der Waals surface area contributed by atoms with E-state index in [1.165, 1.54) is 36.1 Å². The lowest BCUT2D eigenvalue weighted by molar-refractivity contribution is -0.703. The molecule has 1 heteroatoms. The lowest BCUT2D eigenvalue weighted by Gasteiger charge is -2.17. The molecular formula is C24H26N+. The van der Waals surface area contributed by atoms with E-state index >= 15 is 0 Å². The van der Waals surface area contributed by atoms with Gasteiger partial charge >= 0.3 is 0 Å². The Labute approximate surface area is 151 Å². The van der Waals surface area contributed by atoms with E-state index in [2.05, 4.69) is 84.4 Å². The Morgan fingerprint density at radius 1 is 0.840 bits per heavy atom. The number of fused-ring (bicyclic) bond motifs is 1. The summed E-state index contributed by atoms with van der Waals surface area (Å²) in [4.78, 5) is 0. The number of nitrogens with zero attached hydrogens (tertiary/aromatic N) is 1. The van der Waals surface area contributed by atoms with Crippen molar-refractivity contribution in [2.45, 2.75) is 45.1 Å². The van der Waals surface area contributed by atoms with Crippen molar-refractivity contribution in [3.63, 3.8) is 0 Å². The molecule has 1 nitrogen and oxygen atoms in total. The zero-order valence-electron chi connectivity index (χ0n) is 15.0. The largest absolute Gasteiger partial charge is 0.202 e. The van der Waals surface area contributed by atoms with Crippen LogP contribution in [0.1, 0.15) is 46.7 Å². The van der Waals surface area contributed by atoms with E-state index < -0.39 is 0 Å². The highest BCUT2D eigenvalue weighted by Crippen LogP contribution is 2.28. The Morgan fingerprint density at radius 3 is 2.12 bits per heavy atom. The van der Waals surface area contributed by atoms with Gasteiger partial charge in [0, 0.05) is 30.9 Å². The SMILES string of the molecule is Cc1c2c(cc[n+]1CCC(c1ccccc1)c1ccccc1)CCC2. The highest BCUT2D eigenvalue weighted by molar-refractivity contribution is 5.32. The normalized spacial score (nSPS) is 13.2. The van der Waals surface area contributed by atoms with Gasteiger partial charge in [0.15, 0.2) is 11.9 Å². The van der Waals surface area contributed by atoms with Crippen LogP contribution in [-0.2, 0) is 19.4 Å². The Hall–Kier alpha value is -2.41. The molecule has 0 saturated carbocycles. The van der Waals surface area contributed by atoms with Crippen molar-refractivity contribution in [2.24, 2.45) is 0 Å². The fraction of sp³-hybridized carbons (Fsp3) is 0.292. The van der Waals surface area contributed by atoms with Crippen molar-refractivity contribution in [1.29, 1.82) is 0 Å². The lowest BCUT2D eigenvalue weighted by atomic mass is 9.88. The number of aryl methyl sites for hydroxylation is 2. The van der Waals surface area contributed by atoms with Crippen molar-refractivity contribution in [3.05, 3.63) is 101 Å². The summed E-state index contributed by atoms with van der Waals surface area (Å²) < 4.78 is 2.46. The van der Waals surface area contributed by atoms with Gasteiger partial charge in [-0.2, -0.15) is 0 Å². The topological polar surface area (TPSA) is 3.88 Å². The average molecular weight is 328 g/mol. The van der Waals surface area contributed by atoms with Crippen LogP contribution in [0.5, 0.6) is 0 Å². The molecule has 0 amide bonds. The van der Waals surface area contributed by atoms with Crippen molar-refractivity contribution < 1.29 is 4.57 Å². The molecule has 0 saturated heterocycles. The van der Waals surface area contributed by atoms with E-state index in [-0.39, 0.29) is 0 Å². The van der Waals surface area contributed by atoms with Gasteiger partial charge in [0.05, 0.1) is 0 Å². The molecule has 0 atom stereocenters. The molecule has 0 unspecified atom stereocenters. The molecule has 1 aromatic heterocycles. The summed E-state index contributed by atoms with van der Waals surface area (Å²) in [5, 5.41) is 0. The Kier molecular flexibility index (Phi) is 4.65. The quantitative estimate of drug-likeness (QED) is 0.581. The molecule has 126 valence electrons. The van der Waals surface area contributed by atoms with Gasteiger partial charge in [0.25, 0.3) is 0 Å². The van der Waals surface area contributed by atoms with Crippen LogP contribution in [0.25, 0.3) is 0 Å². The van der Waals surface area contributed by atoms with Crippen LogP contribution >= 0.6 is 0 Å². The predicted octanol–water partition coefficient (Wildman–Crippen LogP) is 4.99. The van der Waals surface area contributed by atoms with Crippen molar-refractivity contribution in [3.8, 4) is 0 Å². The zero-order chi connectivity index (χ0) is 17.1. The standard InChI is InChI=1S/C24H26N/c1-19-23-14-8-13-22(23)15-17-25(19)18-16-24(20-9-4-2-5-10-20)21-11-6-3-7-12-21/h2-7,9-12,15,17,24H,8,13-14,16,18H2,1H3/q+1. The molecule has 1 aliphatic carbocycles. The van der Waals surface area contributed by atoms with Crippen LogP contribution < -0.4 is 4.57 Å². The third kappa shape index (κ3) is 3.37. The number of benzene rings is 2. The maximum absolute atomic E-state index is 2.46. The highest BCUT2D eigenvalue weighted by atomic mass is 15.0. The number of hydrogen-bond acceptors (Lipinski definition) is 0. The summed E-state index contributed by atoms with van der Waals surface area (Å²) in [5.41, 5.74) is 7.45. The Bertz CT molecular complexity index is 797. The summed E-state index contributed by atoms with van der Waals surface area (Å²) in [5.74, 6) is 0.447. The first-order valence-corrected chi connectivity index (χ1v) is 9.43. The van der Waals surface area contributed by atoms with E-state index in [1.807, 2.05) is 0 Å². The Balaban J connectivity index is 1.60. The number of pyridine rings is 1. The molecule has 0 aliphatic heterocycles. The molecule has 3 aromatic rings. The first-order chi connectivity index (χ1) is 12.3. The van der Waals surface area contributed by atoms with Gasteiger partial charge in [-0.05, 0) is 36.0 Å². The second-order valence-electron chi connectivity index (χ2n) is 7.11. The molecule has 0 bridgehead atoms. The summed E-state index contributed by atoms with van der Waals surface area (Å²) >= 11 is 0. The molecule has 1 heterocycles. The number of aromatic nitrogens is 1. The van der Waals surface area contributed by atoms with Crippen LogP contribution in [-0.4, -0.2) is 0 Å². The average Bonchev–Trinajstić information content (AvgIpc) is 3.15. The minimum Gasteiger partial charge on any atom is -0.202 e. The Morgan fingerprint density at radius 2 is 1.48 bits per heavy atom. The summed E-state index contributed by atoms with van der Waals surface area (Å²) in [6.07, 6.45) is 7.25. The van der Waals surface area contributed by atoms with Crippen molar-refractivity contribution in [2.75, 3.05) is 0 Å². The molecule has 0 fully saturated rings. The highest BCUT2D eigenvalue weighted by Gasteiger charge is 2.22. The van der Waals surface area contributed by atoms with Gasteiger partial charge in [0.2, 0.25) is 0 Å². The molecule has 0 N–H and O–H groups in total. The molecule has 0 spiro atoms. The minimum atomic E-state index is 0.447. The van der Waals surface area contributed by atoms with Gasteiger partial charge in [0.1, 0.15) is 6.54 Å². The number of rotatable bonds is 5.